The van der Waals surface area contributed by atoms with Gasteiger partial charge in [-0.1, -0.05) is 49.7 Å². The van der Waals surface area contributed by atoms with Gasteiger partial charge in [-0.3, -0.25) is 0 Å². The van der Waals surface area contributed by atoms with E-state index < -0.39 is 6.23 Å². The quantitative estimate of drug-likeness (QED) is 0.489. The average molecular weight is 368 g/mol. The molecular formula is C19H20N4O2S. The van der Waals surface area contributed by atoms with Crippen molar-refractivity contribution in [3.05, 3.63) is 48.4 Å². The van der Waals surface area contributed by atoms with Crippen LogP contribution in [0.15, 0.2) is 52.2 Å². The molecule has 1 aromatic carbocycles. The van der Waals surface area contributed by atoms with Crippen LogP contribution in [0, 0.1) is 0 Å². The molecule has 1 aliphatic rings. The molecule has 0 fully saturated rings. The summed E-state index contributed by atoms with van der Waals surface area (Å²) in [6.45, 7) is 2.19. The highest BCUT2D eigenvalue weighted by Gasteiger charge is 2.27. The smallest absolute Gasteiger partial charge is 0.247 e. The first-order valence-electron chi connectivity index (χ1n) is 8.78. The van der Waals surface area contributed by atoms with Crippen LogP contribution < -0.4 is 10.1 Å². The summed E-state index contributed by atoms with van der Waals surface area (Å²) in [5, 5.41) is 12.7. The molecule has 0 spiro atoms. The molecule has 0 saturated heterocycles. The van der Waals surface area contributed by atoms with Crippen molar-refractivity contribution in [2.45, 2.75) is 37.6 Å². The lowest BCUT2D eigenvalue weighted by atomic mass is 10.1. The number of anilines is 1. The third kappa shape index (κ3) is 3.53. The van der Waals surface area contributed by atoms with Gasteiger partial charge in [-0.25, -0.2) is 0 Å². The summed E-state index contributed by atoms with van der Waals surface area (Å²) in [5.41, 5.74) is 2.46. The summed E-state index contributed by atoms with van der Waals surface area (Å²) < 4.78 is 11.6. The van der Waals surface area contributed by atoms with Crippen LogP contribution in [0.4, 0.5) is 5.69 Å². The summed E-state index contributed by atoms with van der Waals surface area (Å²) in [5.74, 6) is 2.13. The molecule has 6 nitrogen and oxygen atoms in total. The van der Waals surface area contributed by atoms with Crippen LogP contribution in [0.2, 0.25) is 0 Å². The lowest BCUT2D eigenvalue weighted by Crippen LogP contribution is -2.16. The number of hydrogen-bond acceptors (Lipinski definition) is 7. The van der Waals surface area contributed by atoms with E-state index >= 15 is 0 Å². The number of rotatable bonds is 6. The van der Waals surface area contributed by atoms with Gasteiger partial charge in [0, 0.05) is 17.0 Å². The number of thioether (sulfide) groups is 1. The van der Waals surface area contributed by atoms with Crippen molar-refractivity contribution in [1.29, 1.82) is 0 Å². The Balaban J connectivity index is 1.67. The zero-order valence-corrected chi connectivity index (χ0v) is 15.3. The van der Waals surface area contributed by atoms with E-state index in [4.69, 9.17) is 9.15 Å². The first kappa shape index (κ1) is 16.9. The van der Waals surface area contributed by atoms with E-state index in [1.807, 2.05) is 36.4 Å². The molecular weight excluding hydrogens is 348 g/mol. The summed E-state index contributed by atoms with van der Waals surface area (Å²) >= 11 is 1.61. The Bertz CT molecular complexity index is 870. The average Bonchev–Trinajstić information content (AvgIpc) is 3.15. The number of nitrogens with zero attached hydrogens (tertiary/aromatic N) is 3. The molecule has 1 atom stereocenters. The minimum Gasteiger partial charge on any atom is -0.463 e. The van der Waals surface area contributed by atoms with E-state index in [9.17, 15) is 0 Å². The predicted octanol–water partition coefficient (Wildman–Crippen LogP) is 4.92. The number of para-hydroxylation sites is 1. The molecule has 0 radical (unpaired) electrons. The number of aromatic nitrogens is 3. The van der Waals surface area contributed by atoms with Gasteiger partial charge in [0.2, 0.25) is 17.3 Å². The van der Waals surface area contributed by atoms with E-state index in [-0.39, 0.29) is 0 Å². The third-order valence-corrected chi connectivity index (χ3v) is 5.04. The fourth-order valence-corrected chi connectivity index (χ4v) is 3.57. The maximum absolute atomic E-state index is 6.12. The molecule has 0 unspecified atom stereocenters. The van der Waals surface area contributed by atoms with Crippen molar-refractivity contribution in [3.8, 4) is 17.1 Å². The monoisotopic (exact) mass is 368 g/mol. The number of nitrogens with one attached hydrogen (secondary N) is 1. The first-order valence-corrected chi connectivity index (χ1v) is 9.77. The largest absolute Gasteiger partial charge is 0.463 e. The van der Waals surface area contributed by atoms with Crippen LogP contribution in [0.1, 0.15) is 38.2 Å². The highest BCUT2D eigenvalue weighted by atomic mass is 32.2. The number of furan rings is 1. The molecule has 134 valence electrons. The molecule has 26 heavy (non-hydrogen) atoms. The molecule has 7 heteroatoms. The van der Waals surface area contributed by atoms with Crippen LogP contribution >= 0.6 is 11.8 Å². The molecule has 3 aromatic rings. The summed E-state index contributed by atoms with van der Waals surface area (Å²) in [6.07, 6.45) is 4.70. The summed E-state index contributed by atoms with van der Waals surface area (Å²) in [7, 11) is 0. The van der Waals surface area contributed by atoms with E-state index in [1.165, 1.54) is 12.8 Å². The second-order valence-electron chi connectivity index (χ2n) is 6.01. The summed E-state index contributed by atoms with van der Waals surface area (Å²) in [4.78, 5) is 4.62. The highest BCUT2D eigenvalue weighted by Crippen LogP contribution is 2.39. The van der Waals surface area contributed by atoms with Crippen LogP contribution in [0.25, 0.3) is 11.3 Å². The standard InChI is InChI=1S/C19H20N4O2S/c1-2-3-6-12-26-19-21-18-16(22-23-19)13-8-4-5-9-14(13)20-17(25-18)15-10-7-11-24-15/h4-5,7-11,17,20H,2-3,6,12H2,1H3/t17-/m1/s1. The number of hydrogen-bond donors (Lipinski definition) is 1. The molecule has 1 N–H and O–H groups in total. The fourth-order valence-electron chi connectivity index (χ4n) is 2.79. The van der Waals surface area contributed by atoms with Gasteiger partial charge < -0.3 is 14.5 Å². The molecule has 4 rings (SSSR count). The second-order valence-corrected chi connectivity index (χ2v) is 7.07. The second kappa shape index (κ2) is 7.78. The zero-order valence-electron chi connectivity index (χ0n) is 14.5. The Labute approximate surface area is 156 Å². The molecule has 0 saturated carbocycles. The van der Waals surface area contributed by atoms with Crippen molar-refractivity contribution in [2.24, 2.45) is 0 Å². The molecule has 0 aliphatic carbocycles. The molecule has 3 heterocycles. The SMILES string of the molecule is CCCCCSc1nnc2c(n1)O[C@H](c1ccco1)Nc1ccccc1-2. The van der Waals surface area contributed by atoms with Crippen molar-refractivity contribution in [3.63, 3.8) is 0 Å². The number of ether oxygens (including phenoxy) is 1. The molecule has 0 bridgehead atoms. The number of fused-ring (bicyclic) bond motifs is 3. The Hall–Kier alpha value is -2.54. The van der Waals surface area contributed by atoms with Gasteiger partial charge in [0.15, 0.2) is 11.5 Å². The van der Waals surface area contributed by atoms with E-state index in [2.05, 4.69) is 27.4 Å². The molecule has 0 amide bonds. The fraction of sp³-hybridized carbons (Fsp3) is 0.316. The van der Waals surface area contributed by atoms with Crippen molar-refractivity contribution >= 4 is 17.4 Å². The third-order valence-electron chi connectivity index (χ3n) is 4.11. The topological polar surface area (TPSA) is 73.1 Å². The predicted molar refractivity (Wildman–Crippen MR) is 101 cm³/mol. The van der Waals surface area contributed by atoms with Crippen molar-refractivity contribution in [2.75, 3.05) is 11.1 Å². The normalized spacial score (nSPS) is 15.3. The number of benzene rings is 1. The van der Waals surface area contributed by atoms with Gasteiger partial charge in [-0.05, 0) is 24.6 Å². The van der Waals surface area contributed by atoms with E-state index in [0.29, 0.717) is 22.5 Å². The van der Waals surface area contributed by atoms with E-state index in [1.54, 1.807) is 18.0 Å². The zero-order chi connectivity index (χ0) is 17.8. The van der Waals surface area contributed by atoms with Gasteiger partial charge >= 0.3 is 0 Å². The van der Waals surface area contributed by atoms with E-state index in [0.717, 1.165) is 23.4 Å². The number of unbranched alkanes of at least 4 members (excludes halogenated alkanes) is 2. The van der Waals surface area contributed by atoms with Gasteiger partial charge in [0.25, 0.3) is 0 Å². The van der Waals surface area contributed by atoms with Crippen LogP contribution in [-0.4, -0.2) is 20.9 Å². The van der Waals surface area contributed by atoms with Gasteiger partial charge in [-0.15, -0.1) is 10.2 Å². The Morgan fingerprint density at radius 1 is 1.12 bits per heavy atom. The van der Waals surface area contributed by atoms with Gasteiger partial charge in [0.05, 0.1) is 6.26 Å². The lowest BCUT2D eigenvalue weighted by molar-refractivity contribution is 0.195. The van der Waals surface area contributed by atoms with Crippen molar-refractivity contribution < 1.29 is 9.15 Å². The maximum atomic E-state index is 6.12. The Morgan fingerprint density at radius 2 is 2.04 bits per heavy atom. The van der Waals surface area contributed by atoms with Crippen LogP contribution in [0.3, 0.4) is 0 Å². The van der Waals surface area contributed by atoms with Crippen LogP contribution in [-0.2, 0) is 0 Å². The molecule has 2 aromatic heterocycles. The van der Waals surface area contributed by atoms with Crippen LogP contribution in [0.5, 0.6) is 5.88 Å². The Kier molecular flexibility index (Phi) is 5.06. The van der Waals surface area contributed by atoms with Crippen molar-refractivity contribution in [1.82, 2.24) is 15.2 Å². The highest BCUT2D eigenvalue weighted by molar-refractivity contribution is 7.99. The minimum absolute atomic E-state index is 0.469. The summed E-state index contributed by atoms with van der Waals surface area (Å²) in [6, 6.07) is 11.6. The molecule has 1 aliphatic heterocycles. The Morgan fingerprint density at radius 3 is 2.88 bits per heavy atom. The first-order chi connectivity index (χ1) is 12.8. The lowest BCUT2D eigenvalue weighted by Gasteiger charge is -2.16. The minimum atomic E-state index is -0.470. The van der Waals surface area contributed by atoms with Gasteiger partial charge in [-0.2, -0.15) is 4.98 Å². The maximum Gasteiger partial charge on any atom is 0.247 e. The van der Waals surface area contributed by atoms with Gasteiger partial charge in [0.1, 0.15) is 0 Å².